The molecule has 0 amide bonds. The smallest absolute Gasteiger partial charge is 0.337 e. The van der Waals surface area contributed by atoms with Gasteiger partial charge in [0.25, 0.3) is 5.09 Å². The summed E-state index contributed by atoms with van der Waals surface area (Å²) < 4.78 is 16.5. The zero-order valence-electron chi connectivity index (χ0n) is 13.0. The van der Waals surface area contributed by atoms with Gasteiger partial charge in [-0.2, -0.15) is 0 Å². The third-order valence-electron chi connectivity index (χ3n) is 3.91. The predicted molar refractivity (Wildman–Crippen MR) is 83.5 cm³/mol. The number of dihydropyridines is 1. The summed E-state index contributed by atoms with van der Waals surface area (Å²) in [5.74, 6) is 0.394. The fourth-order valence-corrected chi connectivity index (χ4v) is 3.75. The van der Waals surface area contributed by atoms with Crippen LogP contribution in [0.25, 0.3) is 0 Å². The lowest BCUT2D eigenvalue weighted by molar-refractivity contribution is -0.769. The monoisotopic (exact) mass is 358 g/mol. The van der Waals surface area contributed by atoms with Crippen molar-refractivity contribution in [2.45, 2.75) is 36.7 Å². The first kappa shape index (κ1) is 17.1. The summed E-state index contributed by atoms with van der Waals surface area (Å²) in [5.41, 5.74) is 0.517. The largest absolute Gasteiger partial charge is 0.454 e. The first-order chi connectivity index (χ1) is 11.6. The van der Waals surface area contributed by atoms with E-state index in [2.05, 4.69) is 10.2 Å². The minimum absolute atomic E-state index is 0.0334. The van der Waals surface area contributed by atoms with Crippen molar-refractivity contribution in [2.24, 2.45) is 0 Å². The summed E-state index contributed by atoms with van der Waals surface area (Å²) in [6, 6.07) is 0. The number of nitrogens with zero attached hydrogens (tertiary/aromatic N) is 1. The van der Waals surface area contributed by atoms with E-state index in [4.69, 9.17) is 14.2 Å². The predicted octanol–water partition coefficient (Wildman–Crippen LogP) is 0.395. The van der Waals surface area contributed by atoms with E-state index in [1.54, 1.807) is 30.1 Å². The zero-order chi connectivity index (χ0) is 17.1. The van der Waals surface area contributed by atoms with Gasteiger partial charge in [-0.3, -0.25) is 0 Å². The van der Waals surface area contributed by atoms with Gasteiger partial charge in [0.2, 0.25) is 0 Å². The summed E-state index contributed by atoms with van der Waals surface area (Å²) >= 11 is 1.58. The maximum atomic E-state index is 12.5. The molecule has 1 unspecified atom stereocenters. The molecule has 3 heterocycles. The Kier molecular flexibility index (Phi) is 5.27. The molecule has 0 aromatic heterocycles. The van der Waals surface area contributed by atoms with Crippen molar-refractivity contribution in [1.29, 1.82) is 0 Å². The summed E-state index contributed by atoms with van der Waals surface area (Å²) in [7, 11) is 0. The van der Waals surface area contributed by atoms with Gasteiger partial charge >= 0.3 is 5.97 Å². The van der Waals surface area contributed by atoms with E-state index in [-0.39, 0.29) is 18.6 Å². The van der Waals surface area contributed by atoms with Gasteiger partial charge < -0.3 is 24.4 Å². The van der Waals surface area contributed by atoms with Crippen LogP contribution in [0.3, 0.4) is 0 Å². The van der Waals surface area contributed by atoms with Crippen LogP contribution < -0.4 is 5.32 Å². The third kappa shape index (κ3) is 3.50. The maximum Gasteiger partial charge on any atom is 0.337 e. The summed E-state index contributed by atoms with van der Waals surface area (Å²) in [6.07, 6.45) is 2.67. The minimum atomic E-state index is -0.865. The van der Waals surface area contributed by atoms with Crippen molar-refractivity contribution in [1.82, 2.24) is 5.32 Å². The Morgan fingerprint density at radius 3 is 2.83 bits per heavy atom. The number of hydrogen-bond acceptors (Lipinski definition) is 9. The fraction of sp³-hybridized carbons (Fsp3) is 0.643. The van der Waals surface area contributed by atoms with Gasteiger partial charge in [0.05, 0.1) is 18.8 Å². The number of nitrogens with one attached hydrogen (secondary N) is 1. The Balaban J connectivity index is 1.61. The van der Waals surface area contributed by atoms with Crippen molar-refractivity contribution < 1.29 is 28.9 Å². The SMILES string of the molecule is CCSC1NC=CC=C1C(=O)O[C@H]1CO[C@H]2[C@@H]1OC[C@H]2O[N+](=O)[O-]. The molecular weight excluding hydrogens is 340 g/mol. The molecule has 0 aromatic carbocycles. The minimum Gasteiger partial charge on any atom is -0.454 e. The molecule has 9 nitrogen and oxygen atoms in total. The molecule has 3 aliphatic rings. The maximum absolute atomic E-state index is 12.5. The van der Waals surface area contributed by atoms with Gasteiger partial charge in [0, 0.05) is 0 Å². The highest BCUT2D eigenvalue weighted by Gasteiger charge is 2.51. The van der Waals surface area contributed by atoms with Crippen molar-refractivity contribution in [3.05, 3.63) is 34.0 Å². The Hall–Kier alpha value is -1.78. The molecule has 0 bridgehead atoms. The van der Waals surface area contributed by atoms with Crippen molar-refractivity contribution in [3.63, 3.8) is 0 Å². The third-order valence-corrected chi connectivity index (χ3v) is 4.97. The lowest BCUT2D eigenvalue weighted by atomic mass is 10.1. The van der Waals surface area contributed by atoms with Crippen LogP contribution in [0, 0.1) is 10.1 Å². The molecule has 0 aromatic rings. The van der Waals surface area contributed by atoms with Gasteiger partial charge in [-0.05, 0) is 24.1 Å². The van der Waals surface area contributed by atoms with E-state index in [0.717, 1.165) is 5.75 Å². The summed E-state index contributed by atoms with van der Waals surface area (Å²) in [6.45, 7) is 2.16. The van der Waals surface area contributed by atoms with Crippen LogP contribution in [0.15, 0.2) is 23.9 Å². The zero-order valence-corrected chi connectivity index (χ0v) is 13.8. The molecule has 3 rings (SSSR count). The molecule has 0 spiro atoms. The van der Waals surface area contributed by atoms with Gasteiger partial charge in [0.15, 0.2) is 12.2 Å². The molecule has 0 aliphatic carbocycles. The number of rotatable bonds is 6. The molecule has 2 fully saturated rings. The van der Waals surface area contributed by atoms with Crippen LogP contribution in [0.1, 0.15) is 6.92 Å². The number of carbonyl (C=O) groups excluding carboxylic acids is 1. The molecule has 10 heteroatoms. The molecule has 24 heavy (non-hydrogen) atoms. The number of allylic oxidation sites excluding steroid dienone is 2. The van der Waals surface area contributed by atoms with Gasteiger partial charge in [-0.25, -0.2) is 4.79 Å². The van der Waals surface area contributed by atoms with Crippen molar-refractivity contribution in [2.75, 3.05) is 19.0 Å². The Bertz CT molecular complexity index is 567. The average molecular weight is 358 g/mol. The highest BCUT2D eigenvalue weighted by Crippen LogP contribution is 2.31. The summed E-state index contributed by atoms with van der Waals surface area (Å²) in [4.78, 5) is 27.5. The van der Waals surface area contributed by atoms with Gasteiger partial charge in [-0.1, -0.05) is 6.92 Å². The van der Waals surface area contributed by atoms with Gasteiger partial charge in [-0.15, -0.1) is 21.9 Å². The quantitative estimate of drug-likeness (QED) is 0.410. The Morgan fingerprint density at radius 2 is 2.12 bits per heavy atom. The standard InChI is InChI=1S/C14H18N2O7S/c1-2-24-13-8(4-3-5-15-13)14(17)22-9-6-20-12-10(23-16(18)19)7-21-11(9)12/h3-5,9-13,15H,2,6-7H2,1H3/t9-,10+,11+,12+,13?/m0/s1. The fourth-order valence-electron chi connectivity index (χ4n) is 2.89. The van der Waals surface area contributed by atoms with E-state index in [1.807, 2.05) is 6.92 Å². The first-order valence-electron chi connectivity index (χ1n) is 7.60. The lowest BCUT2D eigenvalue weighted by Crippen LogP contribution is -2.38. The molecule has 1 N–H and O–H groups in total. The summed E-state index contributed by atoms with van der Waals surface area (Å²) in [5, 5.41) is 12.5. The molecule has 3 aliphatic heterocycles. The molecule has 0 saturated carbocycles. The van der Waals surface area contributed by atoms with Gasteiger partial charge in [0.1, 0.15) is 17.6 Å². The molecule has 2 saturated heterocycles. The number of fused-ring (bicyclic) bond motifs is 1. The van der Waals surface area contributed by atoms with E-state index in [9.17, 15) is 14.9 Å². The van der Waals surface area contributed by atoms with Crippen LogP contribution in [-0.4, -0.2) is 59.8 Å². The highest BCUT2D eigenvalue weighted by molar-refractivity contribution is 8.00. The van der Waals surface area contributed by atoms with Crippen LogP contribution >= 0.6 is 11.8 Å². The second-order valence-corrected chi connectivity index (χ2v) is 6.77. The number of carbonyl (C=O) groups is 1. The normalized spacial score (nSPS) is 34.2. The molecular formula is C14H18N2O7S. The number of esters is 1. The van der Waals surface area contributed by atoms with Crippen molar-refractivity contribution >= 4 is 17.7 Å². The number of ether oxygens (including phenoxy) is 3. The topological polar surface area (TPSA) is 109 Å². The molecule has 132 valence electrons. The number of hydrogen-bond donors (Lipinski definition) is 1. The van der Waals surface area contributed by atoms with Crippen molar-refractivity contribution in [3.8, 4) is 0 Å². The molecule has 5 atom stereocenters. The second kappa shape index (κ2) is 7.41. The van der Waals surface area contributed by atoms with Crippen LogP contribution in [0.5, 0.6) is 0 Å². The van der Waals surface area contributed by atoms with E-state index in [0.29, 0.717) is 5.57 Å². The second-order valence-electron chi connectivity index (χ2n) is 5.39. The first-order valence-corrected chi connectivity index (χ1v) is 8.64. The van der Waals surface area contributed by atoms with Crippen LogP contribution in [0.4, 0.5) is 0 Å². The lowest BCUT2D eigenvalue weighted by Gasteiger charge is -2.23. The van der Waals surface area contributed by atoms with Crippen LogP contribution in [0.2, 0.25) is 0 Å². The Labute approximate surface area is 142 Å². The van der Waals surface area contributed by atoms with E-state index < -0.39 is 35.5 Å². The highest BCUT2D eigenvalue weighted by atomic mass is 32.2. The van der Waals surface area contributed by atoms with E-state index in [1.165, 1.54) is 0 Å². The number of thioether (sulfide) groups is 1. The molecule has 0 radical (unpaired) electrons. The van der Waals surface area contributed by atoms with Crippen LogP contribution in [-0.2, 0) is 23.8 Å². The van der Waals surface area contributed by atoms with E-state index >= 15 is 0 Å². The Morgan fingerprint density at radius 1 is 1.42 bits per heavy atom. The average Bonchev–Trinajstić information content (AvgIpc) is 3.12.